The first-order valence-corrected chi connectivity index (χ1v) is 13.2. The summed E-state index contributed by atoms with van der Waals surface area (Å²) in [4.78, 5) is 16.0. The first-order chi connectivity index (χ1) is 17.0. The van der Waals surface area contributed by atoms with Crippen LogP contribution in [0.4, 0.5) is 5.82 Å². The molecule has 0 saturated carbocycles. The number of para-hydroxylation sites is 1. The van der Waals surface area contributed by atoms with Crippen molar-refractivity contribution in [2.45, 2.75) is 44.6 Å². The van der Waals surface area contributed by atoms with Gasteiger partial charge in [-0.05, 0) is 68.5 Å². The average molecular weight is 494 g/mol. The maximum absolute atomic E-state index is 5.09. The molecule has 35 heavy (non-hydrogen) atoms. The number of thiol groups is 1. The lowest BCUT2D eigenvalue weighted by Crippen LogP contribution is -2.45. The number of methoxy groups -OCH3 is 1. The van der Waals surface area contributed by atoms with E-state index in [0.717, 1.165) is 78.6 Å². The molecule has 2 fully saturated rings. The monoisotopic (exact) mass is 493 g/mol. The number of fused-ring (bicyclic) bond motifs is 1. The van der Waals surface area contributed by atoms with Crippen molar-refractivity contribution in [2.24, 2.45) is 5.92 Å². The van der Waals surface area contributed by atoms with E-state index in [-0.39, 0.29) is 6.04 Å². The van der Waals surface area contributed by atoms with Gasteiger partial charge in [0.15, 0.2) is 0 Å². The highest BCUT2D eigenvalue weighted by Crippen LogP contribution is 2.30. The highest BCUT2D eigenvalue weighted by atomic mass is 32.1. The summed E-state index contributed by atoms with van der Waals surface area (Å²) in [6.45, 7) is 13.0. The second-order valence-electron chi connectivity index (χ2n) is 9.73. The molecule has 1 aromatic heterocycles. The molecule has 2 atom stereocenters. The van der Waals surface area contributed by atoms with Crippen LogP contribution >= 0.6 is 12.6 Å². The van der Waals surface area contributed by atoms with Gasteiger partial charge in [0.1, 0.15) is 17.4 Å². The van der Waals surface area contributed by atoms with Crippen molar-refractivity contribution in [3.63, 3.8) is 0 Å². The van der Waals surface area contributed by atoms with Crippen molar-refractivity contribution < 1.29 is 4.74 Å². The molecule has 3 aromatic rings. The minimum Gasteiger partial charge on any atom is -0.496 e. The van der Waals surface area contributed by atoms with Gasteiger partial charge in [-0.1, -0.05) is 19.1 Å². The zero-order valence-electron chi connectivity index (χ0n) is 21.5. The first kappa shape index (κ1) is 25.7. The van der Waals surface area contributed by atoms with E-state index in [1.807, 2.05) is 25.1 Å². The Morgan fingerprint density at radius 1 is 1.09 bits per heavy atom. The van der Waals surface area contributed by atoms with E-state index < -0.39 is 0 Å². The summed E-state index contributed by atoms with van der Waals surface area (Å²) < 4.78 is 5.07. The number of rotatable bonds is 4. The molecule has 2 aliphatic heterocycles. The van der Waals surface area contributed by atoms with Gasteiger partial charge >= 0.3 is 0 Å². The van der Waals surface area contributed by atoms with E-state index in [2.05, 4.69) is 65.9 Å². The third-order valence-corrected chi connectivity index (χ3v) is 7.29. The SMILES string of the molecule is CC1CCCN(c2nc(C(C)N3CCNCC3)nc3ccccc23)C1.COc1ccc(S)cc1C. The summed E-state index contributed by atoms with van der Waals surface area (Å²) in [5.41, 5.74) is 2.19. The third kappa shape index (κ3) is 6.46. The molecule has 6 nitrogen and oxygen atoms in total. The number of aromatic nitrogens is 2. The van der Waals surface area contributed by atoms with Crippen LogP contribution in [0.1, 0.15) is 44.1 Å². The fourth-order valence-electron chi connectivity index (χ4n) is 4.98. The molecule has 3 heterocycles. The van der Waals surface area contributed by atoms with Crippen LogP contribution in [0.2, 0.25) is 0 Å². The van der Waals surface area contributed by atoms with Gasteiger partial charge in [-0.25, -0.2) is 9.97 Å². The van der Waals surface area contributed by atoms with Crippen molar-refractivity contribution in [2.75, 3.05) is 51.3 Å². The van der Waals surface area contributed by atoms with E-state index in [9.17, 15) is 0 Å². The Hall–Kier alpha value is -2.35. The van der Waals surface area contributed by atoms with E-state index in [1.165, 1.54) is 18.2 Å². The van der Waals surface area contributed by atoms with Crippen molar-refractivity contribution >= 4 is 29.3 Å². The summed E-state index contributed by atoms with van der Waals surface area (Å²) in [6.07, 6.45) is 2.58. The van der Waals surface area contributed by atoms with Gasteiger partial charge in [0.2, 0.25) is 0 Å². The number of piperazine rings is 1. The molecule has 0 radical (unpaired) electrons. The van der Waals surface area contributed by atoms with Crippen LogP contribution in [0, 0.1) is 12.8 Å². The number of aryl methyl sites for hydroxylation is 1. The summed E-state index contributed by atoms with van der Waals surface area (Å²) in [5, 5.41) is 4.62. The van der Waals surface area contributed by atoms with Crippen molar-refractivity contribution in [1.82, 2.24) is 20.2 Å². The molecule has 188 valence electrons. The summed E-state index contributed by atoms with van der Waals surface area (Å²) in [6, 6.07) is 14.5. The number of benzene rings is 2. The first-order valence-electron chi connectivity index (χ1n) is 12.8. The zero-order valence-corrected chi connectivity index (χ0v) is 22.4. The van der Waals surface area contributed by atoms with E-state index >= 15 is 0 Å². The van der Waals surface area contributed by atoms with Crippen LogP contribution in [0.5, 0.6) is 5.75 Å². The average Bonchev–Trinajstić information content (AvgIpc) is 2.88. The van der Waals surface area contributed by atoms with Crippen molar-refractivity contribution in [3.05, 3.63) is 53.9 Å². The molecular weight excluding hydrogens is 454 g/mol. The highest BCUT2D eigenvalue weighted by Gasteiger charge is 2.24. The van der Waals surface area contributed by atoms with Crippen LogP contribution in [-0.4, -0.2) is 61.2 Å². The third-order valence-electron chi connectivity index (χ3n) is 7.01. The van der Waals surface area contributed by atoms with Crippen molar-refractivity contribution in [1.29, 1.82) is 0 Å². The van der Waals surface area contributed by atoms with Crippen LogP contribution in [0.25, 0.3) is 10.9 Å². The van der Waals surface area contributed by atoms with Gasteiger partial charge in [0, 0.05) is 49.6 Å². The number of hydrogen-bond donors (Lipinski definition) is 2. The molecule has 5 rings (SSSR count). The molecule has 2 unspecified atom stereocenters. The minimum atomic E-state index is 0.257. The molecule has 1 N–H and O–H groups in total. The van der Waals surface area contributed by atoms with E-state index in [0.29, 0.717) is 0 Å². The summed E-state index contributed by atoms with van der Waals surface area (Å²) in [5.74, 6) is 3.75. The summed E-state index contributed by atoms with van der Waals surface area (Å²) >= 11 is 4.18. The Balaban J connectivity index is 0.000000243. The van der Waals surface area contributed by atoms with E-state index in [4.69, 9.17) is 14.7 Å². The molecule has 0 amide bonds. The smallest absolute Gasteiger partial charge is 0.148 e. The predicted molar refractivity (Wildman–Crippen MR) is 148 cm³/mol. The molecule has 2 aliphatic rings. The van der Waals surface area contributed by atoms with Crippen LogP contribution in [0.15, 0.2) is 47.4 Å². The zero-order chi connectivity index (χ0) is 24.8. The number of hydrogen-bond acceptors (Lipinski definition) is 7. The predicted octanol–water partition coefficient (Wildman–Crippen LogP) is 5.12. The molecule has 2 saturated heterocycles. The molecule has 0 spiro atoms. The molecule has 0 bridgehead atoms. The van der Waals surface area contributed by atoms with Gasteiger partial charge < -0.3 is 15.0 Å². The Morgan fingerprint density at radius 2 is 1.86 bits per heavy atom. The number of nitrogens with one attached hydrogen (secondary N) is 1. The molecule has 2 aromatic carbocycles. The number of ether oxygens (including phenoxy) is 1. The standard InChI is InChI=1S/C20H29N5.C8H10OS/c1-15-6-5-11-25(14-15)20-17-7-3-4-8-18(17)22-19(23-20)16(2)24-12-9-21-10-13-24;1-6-5-7(10)3-4-8(6)9-2/h3-4,7-8,15-16,21H,5-6,9-14H2,1-2H3;3-5,10H,1-2H3. The largest absolute Gasteiger partial charge is 0.496 e. The topological polar surface area (TPSA) is 53.5 Å². The van der Waals surface area contributed by atoms with Crippen LogP contribution in [0.3, 0.4) is 0 Å². The minimum absolute atomic E-state index is 0.257. The quantitative estimate of drug-likeness (QED) is 0.492. The fourth-order valence-corrected chi connectivity index (χ4v) is 5.25. The molecular formula is C28H39N5OS. The lowest BCUT2D eigenvalue weighted by molar-refractivity contribution is 0.179. The second kappa shape index (κ2) is 12.1. The normalized spacial score (nSPS) is 19.7. The lowest BCUT2D eigenvalue weighted by atomic mass is 10.00. The maximum atomic E-state index is 5.09. The maximum Gasteiger partial charge on any atom is 0.148 e. The van der Waals surface area contributed by atoms with Crippen LogP contribution in [-0.2, 0) is 0 Å². The summed E-state index contributed by atoms with van der Waals surface area (Å²) in [7, 11) is 1.67. The Morgan fingerprint density at radius 3 is 2.57 bits per heavy atom. The second-order valence-corrected chi connectivity index (χ2v) is 10.2. The molecule has 7 heteroatoms. The lowest BCUT2D eigenvalue weighted by Gasteiger charge is -2.34. The van der Waals surface area contributed by atoms with Gasteiger partial charge in [0.05, 0.1) is 18.7 Å². The van der Waals surface area contributed by atoms with Crippen molar-refractivity contribution in [3.8, 4) is 5.75 Å². The Labute approximate surface area is 215 Å². The van der Waals surface area contributed by atoms with Gasteiger partial charge in [0.25, 0.3) is 0 Å². The fraction of sp³-hybridized carbons (Fsp3) is 0.500. The number of piperidine rings is 1. The Bertz CT molecular complexity index is 1120. The van der Waals surface area contributed by atoms with Gasteiger partial charge in [-0.15, -0.1) is 12.6 Å². The highest BCUT2D eigenvalue weighted by molar-refractivity contribution is 7.80. The molecule has 0 aliphatic carbocycles. The van der Waals surface area contributed by atoms with Crippen LogP contribution < -0.4 is 15.0 Å². The Kier molecular flexibility index (Phi) is 8.87. The van der Waals surface area contributed by atoms with Gasteiger partial charge in [-0.2, -0.15) is 0 Å². The number of nitrogens with zero attached hydrogens (tertiary/aromatic N) is 4. The van der Waals surface area contributed by atoms with E-state index in [1.54, 1.807) is 7.11 Å². The van der Waals surface area contributed by atoms with Gasteiger partial charge in [-0.3, -0.25) is 4.90 Å². The number of anilines is 1.